The minimum Gasteiger partial charge on any atom is -0.481 e. The topological polar surface area (TPSA) is 97.1 Å². The van der Waals surface area contributed by atoms with Gasteiger partial charge in [0.2, 0.25) is 5.82 Å². The Morgan fingerprint density at radius 1 is 1.09 bits per heavy atom. The summed E-state index contributed by atoms with van der Waals surface area (Å²) in [4.78, 5) is 26.3. The summed E-state index contributed by atoms with van der Waals surface area (Å²) in [6.45, 7) is 0.534. The number of nitrogens with one attached hydrogen (secondary N) is 1. The molecule has 0 unspecified atom stereocenters. The number of aromatic nitrogens is 3. The van der Waals surface area contributed by atoms with Crippen LogP contribution in [0.1, 0.15) is 42.7 Å². The number of carbonyl (C=O) groups is 2. The average Bonchev–Trinajstić information content (AvgIpc) is 3.04. The summed E-state index contributed by atoms with van der Waals surface area (Å²) in [6.07, 6.45) is 4.93. The maximum absolute atomic E-state index is 11.9. The molecule has 1 aromatic carbocycles. The third kappa shape index (κ3) is 5.54. The molecule has 0 radical (unpaired) electrons. The minimum atomic E-state index is -0.765. The molecule has 23 heavy (non-hydrogen) atoms. The van der Waals surface area contributed by atoms with Gasteiger partial charge in [-0.15, -0.1) is 5.10 Å². The first-order chi connectivity index (χ1) is 11.2. The van der Waals surface area contributed by atoms with Crippen molar-refractivity contribution < 1.29 is 14.7 Å². The molecule has 1 amide bonds. The van der Waals surface area contributed by atoms with Crippen molar-refractivity contribution in [3.63, 3.8) is 0 Å². The number of carbonyl (C=O) groups excluding carboxylic acids is 1. The molecule has 1 aromatic heterocycles. The maximum atomic E-state index is 11.9. The molecule has 2 rings (SSSR count). The largest absolute Gasteiger partial charge is 0.481 e. The molecule has 0 fully saturated rings. The lowest BCUT2D eigenvalue weighted by atomic mass is 10.1. The molecule has 0 aliphatic heterocycles. The summed E-state index contributed by atoms with van der Waals surface area (Å²) in [5, 5.41) is 15.5. The number of hydrogen-bond acceptors (Lipinski definition) is 4. The van der Waals surface area contributed by atoms with E-state index in [1.165, 1.54) is 6.33 Å². The van der Waals surface area contributed by atoms with Gasteiger partial charge in [0, 0.05) is 13.0 Å². The number of carboxylic acid groups (broad SMARTS) is 1. The Balaban J connectivity index is 1.70. The van der Waals surface area contributed by atoms with Gasteiger partial charge in [0.15, 0.2) is 0 Å². The molecule has 7 nitrogen and oxygen atoms in total. The third-order valence-electron chi connectivity index (χ3n) is 3.32. The van der Waals surface area contributed by atoms with E-state index < -0.39 is 5.97 Å². The van der Waals surface area contributed by atoms with Crippen molar-refractivity contribution in [1.82, 2.24) is 20.1 Å². The van der Waals surface area contributed by atoms with E-state index in [9.17, 15) is 9.59 Å². The van der Waals surface area contributed by atoms with Crippen LogP contribution in [0.5, 0.6) is 0 Å². The van der Waals surface area contributed by atoms with Crippen molar-refractivity contribution in [2.45, 2.75) is 32.1 Å². The van der Waals surface area contributed by atoms with Crippen LogP contribution >= 0.6 is 0 Å². The molecule has 1 heterocycles. The number of aliphatic carboxylic acids is 1. The molecule has 0 saturated heterocycles. The zero-order chi connectivity index (χ0) is 16.5. The zero-order valence-electron chi connectivity index (χ0n) is 12.8. The van der Waals surface area contributed by atoms with Crippen molar-refractivity contribution in [1.29, 1.82) is 0 Å². The highest BCUT2D eigenvalue weighted by Gasteiger charge is 2.11. The van der Waals surface area contributed by atoms with Crippen LogP contribution in [0.4, 0.5) is 0 Å². The third-order valence-corrected chi connectivity index (χ3v) is 3.32. The lowest BCUT2D eigenvalue weighted by Crippen LogP contribution is -2.25. The standard InChI is InChI=1S/C16H20N4O3/c21-14(22)10-6-1-2-7-11-17-16(23)15-18-12-20(19-15)13-8-4-3-5-9-13/h3-5,8-9,12H,1-2,6-7,10-11H2,(H,17,23)(H,21,22). The molecular weight excluding hydrogens is 296 g/mol. The van der Waals surface area contributed by atoms with Gasteiger partial charge in [-0.3, -0.25) is 9.59 Å². The van der Waals surface area contributed by atoms with Crippen LogP contribution in [0.25, 0.3) is 5.69 Å². The van der Waals surface area contributed by atoms with Gasteiger partial charge in [-0.2, -0.15) is 0 Å². The summed E-state index contributed by atoms with van der Waals surface area (Å²) < 4.78 is 1.56. The summed E-state index contributed by atoms with van der Waals surface area (Å²) in [5.74, 6) is -0.927. The van der Waals surface area contributed by atoms with Gasteiger partial charge in [0.05, 0.1) is 5.69 Å². The van der Waals surface area contributed by atoms with Gasteiger partial charge in [0.1, 0.15) is 6.33 Å². The second kappa shape index (κ2) is 8.67. The van der Waals surface area contributed by atoms with Gasteiger partial charge in [0.25, 0.3) is 5.91 Å². The van der Waals surface area contributed by atoms with Gasteiger partial charge in [-0.05, 0) is 25.0 Å². The smallest absolute Gasteiger partial charge is 0.303 e. The molecular formula is C16H20N4O3. The lowest BCUT2D eigenvalue weighted by molar-refractivity contribution is -0.137. The fourth-order valence-electron chi connectivity index (χ4n) is 2.11. The Morgan fingerprint density at radius 3 is 2.57 bits per heavy atom. The summed E-state index contributed by atoms with van der Waals surface area (Å²) in [7, 11) is 0. The Hall–Kier alpha value is -2.70. The molecule has 7 heteroatoms. The number of para-hydroxylation sites is 1. The van der Waals surface area contributed by atoms with Crippen molar-refractivity contribution in [3.05, 3.63) is 42.5 Å². The van der Waals surface area contributed by atoms with E-state index in [0.29, 0.717) is 13.0 Å². The molecule has 2 N–H and O–H groups in total. The number of rotatable bonds is 9. The number of benzene rings is 1. The van der Waals surface area contributed by atoms with Gasteiger partial charge in [-0.1, -0.05) is 31.0 Å². The Bertz CT molecular complexity index is 640. The number of carboxylic acids is 1. The predicted octanol–water partition coefficient (Wildman–Crippen LogP) is 2.03. The second-order valence-corrected chi connectivity index (χ2v) is 5.16. The predicted molar refractivity (Wildman–Crippen MR) is 84.4 cm³/mol. The van der Waals surface area contributed by atoms with Crippen LogP contribution in [0.3, 0.4) is 0 Å². The number of nitrogens with zero attached hydrogens (tertiary/aromatic N) is 3. The average molecular weight is 316 g/mol. The molecule has 0 saturated carbocycles. The van der Waals surface area contributed by atoms with Gasteiger partial charge < -0.3 is 10.4 Å². The second-order valence-electron chi connectivity index (χ2n) is 5.16. The fraction of sp³-hybridized carbons (Fsp3) is 0.375. The first-order valence-electron chi connectivity index (χ1n) is 7.64. The van der Waals surface area contributed by atoms with Crippen molar-refractivity contribution in [2.75, 3.05) is 6.54 Å². The van der Waals surface area contributed by atoms with Crippen LogP contribution in [0.15, 0.2) is 36.7 Å². The number of amides is 1. The molecule has 0 aliphatic carbocycles. The molecule has 0 spiro atoms. The van der Waals surface area contributed by atoms with Gasteiger partial charge in [-0.25, -0.2) is 9.67 Å². The lowest BCUT2D eigenvalue weighted by Gasteiger charge is -2.02. The fourth-order valence-corrected chi connectivity index (χ4v) is 2.11. The first-order valence-corrected chi connectivity index (χ1v) is 7.64. The summed E-state index contributed by atoms with van der Waals surface area (Å²) in [5.41, 5.74) is 0.845. The Morgan fingerprint density at radius 2 is 1.83 bits per heavy atom. The molecule has 0 atom stereocenters. The highest BCUT2D eigenvalue weighted by Crippen LogP contribution is 2.05. The Labute approximate surface area is 134 Å². The number of hydrogen-bond donors (Lipinski definition) is 2. The summed E-state index contributed by atoms with van der Waals surface area (Å²) >= 11 is 0. The van der Waals surface area contributed by atoms with E-state index in [1.54, 1.807) is 4.68 Å². The van der Waals surface area contributed by atoms with Crippen LogP contribution in [0, 0.1) is 0 Å². The van der Waals surface area contributed by atoms with Crippen molar-refractivity contribution in [2.24, 2.45) is 0 Å². The summed E-state index contributed by atoms with van der Waals surface area (Å²) in [6, 6.07) is 9.45. The highest BCUT2D eigenvalue weighted by atomic mass is 16.4. The molecule has 2 aromatic rings. The highest BCUT2D eigenvalue weighted by molar-refractivity contribution is 5.90. The number of unbranched alkanes of at least 4 members (excludes halogenated alkanes) is 3. The molecule has 0 bridgehead atoms. The monoisotopic (exact) mass is 316 g/mol. The van der Waals surface area contributed by atoms with E-state index >= 15 is 0 Å². The van der Waals surface area contributed by atoms with Crippen molar-refractivity contribution in [3.8, 4) is 5.69 Å². The zero-order valence-corrected chi connectivity index (χ0v) is 12.8. The normalized spacial score (nSPS) is 10.4. The van der Waals surface area contributed by atoms with E-state index in [-0.39, 0.29) is 18.2 Å². The van der Waals surface area contributed by atoms with Crippen LogP contribution < -0.4 is 5.32 Å². The van der Waals surface area contributed by atoms with Crippen LogP contribution in [-0.4, -0.2) is 38.3 Å². The van der Waals surface area contributed by atoms with Gasteiger partial charge >= 0.3 is 5.97 Å². The maximum Gasteiger partial charge on any atom is 0.303 e. The molecule has 0 aliphatic rings. The SMILES string of the molecule is O=C(O)CCCCCCNC(=O)c1ncn(-c2ccccc2)n1. The quantitative estimate of drug-likeness (QED) is 0.690. The van der Waals surface area contributed by atoms with E-state index in [4.69, 9.17) is 5.11 Å². The first kappa shape index (κ1) is 16.7. The van der Waals surface area contributed by atoms with Crippen molar-refractivity contribution >= 4 is 11.9 Å². The molecule has 122 valence electrons. The Kier molecular flexibility index (Phi) is 6.28. The van der Waals surface area contributed by atoms with E-state index in [0.717, 1.165) is 24.9 Å². The van der Waals surface area contributed by atoms with Crippen LogP contribution in [0.2, 0.25) is 0 Å². The minimum absolute atomic E-state index is 0.139. The van der Waals surface area contributed by atoms with E-state index in [1.807, 2.05) is 30.3 Å². The van der Waals surface area contributed by atoms with Crippen LogP contribution in [-0.2, 0) is 4.79 Å². The van der Waals surface area contributed by atoms with E-state index in [2.05, 4.69) is 15.4 Å².